The molecule has 0 aliphatic heterocycles. The molecule has 2 N–H and O–H groups in total. The van der Waals surface area contributed by atoms with Crippen LogP contribution in [-0.2, 0) is 6.54 Å². The Bertz CT molecular complexity index is 647. The minimum Gasteiger partial charge on any atom is -0.332 e. The molecule has 0 aliphatic carbocycles. The standard InChI is InChI=1S/C12H10N4OS/c13-6-10-14-9(7-18-10)12-15-11(16-17-12)8-4-2-1-3-5-8/h1-5,7H,6,13H2. The summed E-state index contributed by atoms with van der Waals surface area (Å²) in [7, 11) is 0. The Labute approximate surface area is 107 Å². The van der Waals surface area contributed by atoms with Crippen LogP contribution < -0.4 is 5.73 Å². The molecule has 0 saturated carbocycles. The highest BCUT2D eigenvalue weighted by Gasteiger charge is 2.12. The molecule has 3 rings (SSSR count). The van der Waals surface area contributed by atoms with Crippen LogP contribution in [0.1, 0.15) is 5.01 Å². The largest absolute Gasteiger partial charge is 0.332 e. The van der Waals surface area contributed by atoms with Gasteiger partial charge in [-0.15, -0.1) is 11.3 Å². The second-order valence-electron chi connectivity index (χ2n) is 3.62. The van der Waals surface area contributed by atoms with Gasteiger partial charge in [0.05, 0.1) is 0 Å². The van der Waals surface area contributed by atoms with E-state index in [0.29, 0.717) is 24.0 Å². The van der Waals surface area contributed by atoms with Crippen molar-refractivity contribution in [2.24, 2.45) is 5.73 Å². The van der Waals surface area contributed by atoms with Gasteiger partial charge in [-0.2, -0.15) is 4.98 Å². The van der Waals surface area contributed by atoms with Crippen molar-refractivity contribution in [3.63, 3.8) is 0 Å². The quantitative estimate of drug-likeness (QED) is 0.780. The Morgan fingerprint density at radius 3 is 2.72 bits per heavy atom. The maximum Gasteiger partial charge on any atom is 0.277 e. The van der Waals surface area contributed by atoms with Gasteiger partial charge < -0.3 is 10.3 Å². The summed E-state index contributed by atoms with van der Waals surface area (Å²) in [6, 6.07) is 9.67. The molecular weight excluding hydrogens is 248 g/mol. The molecular formula is C12H10N4OS. The van der Waals surface area contributed by atoms with E-state index in [2.05, 4.69) is 15.1 Å². The summed E-state index contributed by atoms with van der Waals surface area (Å²) in [5.41, 5.74) is 7.11. The number of hydrogen-bond acceptors (Lipinski definition) is 6. The predicted molar refractivity (Wildman–Crippen MR) is 68.7 cm³/mol. The van der Waals surface area contributed by atoms with Gasteiger partial charge in [0.2, 0.25) is 5.82 Å². The number of rotatable bonds is 3. The lowest BCUT2D eigenvalue weighted by Gasteiger charge is -1.90. The number of nitrogens with two attached hydrogens (primary N) is 1. The second kappa shape index (κ2) is 4.67. The van der Waals surface area contributed by atoms with Gasteiger partial charge in [0.25, 0.3) is 5.89 Å². The Morgan fingerprint density at radius 2 is 2.00 bits per heavy atom. The molecule has 90 valence electrons. The van der Waals surface area contributed by atoms with Crippen molar-refractivity contribution in [1.29, 1.82) is 0 Å². The van der Waals surface area contributed by atoms with E-state index in [9.17, 15) is 0 Å². The zero-order chi connectivity index (χ0) is 12.4. The topological polar surface area (TPSA) is 77.8 Å². The van der Waals surface area contributed by atoms with Crippen molar-refractivity contribution in [3.8, 4) is 23.0 Å². The zero-order valence-electron chi connectivity index (χ0n) is 9.41. The number of nitrogens with zero attached hydrogens (tertiary/aromatic N) is 3. The number of hydrogen-bond donors (Lipinski definition) is 1. The van der Waals surface area contributed by atoms with Gasteiger partial charge in [-0.05, 0) is 0 Å². The van der Waals surface area contributed by atoms with Gasteiger partial charge in [-0.3, -0.25) is 0 Å². The second-order valence-corrected chi connectivity index (χ2v) is 4.56. The van der Waals surface area contributed by atoms with Crippen LogP contribution in [0.2, 0.25) is 0 Å². The summed E-state index contributed by atoms with van der Waals surface area (Å²) in [5, 5.41) is 6.66. The van der Waals surface area contributed by atoms with E-state index in [1.165, 1.54) is 11.3 Å². The normalized spacial score (nSPS) is 10.7. The monoisotopic (exact) mass is 258 g/mol. The van der Waals surface area contributed by atoms with Crippen molar-refractivity contribution in [1.82, 2.24) is 15.1 Å². The Hall–Kier alpha value is -2.05. The summed E-state index contributed by atoms with van der Waals surface area (Å²) in [4.78, 5) is 8.63. The summed E-state index contributed by atoms with van der Waals surface area (Å²) in [6.45, 7) is 0.421. The first-order valence-corrected chi connectivity index (χ1v) is 6.29. The molecule has 1 aromatic carbocycles. The maximum absolute atomic E-state index is 5.52. The van der Waals surface area contributed by atoms with Crippen LogP contribution in [0.25, 0.3) is 23.0 Å². The number of benzene rings is 1. The van der Waals surface area contributed by atoms with Crippen LogP contribution in [0.15, 0.2) is 40.2 Å². The Balaban J connectivity index is 1.94. The van der Waals surface area contributed by atoms with Crippen LogP contribution >= 0.6 is 11.3 Å². The van der Waals surface area contributed by atoms with E-state index in [1.807, 2.05) is 35.7 Å². The molecule has 0 fully saturated rings. The molecule has 2 aromatic heterocycles. The van der Waals surface area contributed by atoms with Crippen molar-refractivity contribution < 1.29 is 4.52 Å². The molecule has 3 aromatic rings. The van der Waals surface area contributed by atoms with Crippen molar-refractivity contribution >= 4 is 11.3 Å². The van der Waals surface area contributed by atoms with Gasteiger partial charge >= 0.3 is 0 Å². The van der Waals surface area contributed by atoms with Crippen molar-refractivity contribution in [3.05, 3.63) is 40.7 Å². The van der Waals surface area contributed by atoms with Crippen molar-refractivity contribution in [2.45, 2.75) is 6.54 Å². The van der Waals surface area contributed by atoms with Gasteiger partial charge in [0, 0.05) is 17.5 Å². The molecule has 0 radical (unpaired) electrons. The Kier molecular flexibility index (Phi) is 2.87. The molecule has 18 heavy (non-hydrogen) atoms. The van der Waals surface area contributed by atoms with Crippen LogP contribution in [0.4, 0.5) is 0 Å². The number of thiazole rings is 1. The lowest BCUT2D eigenvalue weighted by atomic mass is 10.2. The molecule has 2 heterocycles. The average Bonchev–Trinajstić information content (AvgIpc) is 3.08. The van der Waals surface area contributed by atoms with Gasteiger partial charge in [0.1, 0.15) is 10.7 Å². The fourth-order valence-corrected chi connectivity index (χ4v) is 2.18. The first-order chi connectivity index (χ1) is 8.86. The number of aromatic nitrogens is 3. The van der Waals surface area contributed by atoms with Gasteiger partial charge in [-0.1, -0.05) is 35.5 Å². The van der Waals surface area contributed by atoms with E-state index in [1.54, 1.807) is 0 Å². The molecule has 0 saturated heterocycles. The van der Waals surface area contributed by atoms with Crippen LogP contribution in [0.5, 0.6) is 0 Å². The van der Waals surface area contributed by atoms with Crippen LogP contribution in [0.3, 0.4) is 0 Å². The van der Waals surface area contributed by atoms with Crippen LogP contribution in [0, 0.1) is 0 Å². The fourth-order valence-electron chi connectivity index (χ4n) is 1.53. The molecule has 0 aliphatic rings. The predicted octanol–water partition coefficient (Wildman–Crippen LogP) is 2.32. The summed E-state index contributed by atoms with van der Waals surface area (Å²) in [5.74, 6) is 0.984. The molecule has 0 amide bonds. The summed E-state index contributed by atoms with van der Waals surface area (Å²) < 4.78 is 5.21. The first-order valence-electron chi connectivity index (χ1n) is 5.41. The van der Waals surface area contributed by atoms with Crippen LogP contribution in [-0.4, -0.2) is 15.1 Å². The lowest BCUT2D eigenvalue weighted by Crippen LogP contribution is -1.94. The molecule has 0 unspecified atom stereocenters. The summed E-state index contributed by atoms with van der Waals surface area (Å²) >= 11 is 1.49. The zero-order valence-corrected chi connectivity index (χ0v) is 10.2. The third-order valence-electron chi connectivity index (χ3n) is 2.40. The van der Waals surface area contributed by atoms with E-state index < -0.39 is 0 Å². The first kappa shape index (κ1) is 11.1. The van der Waals surface area contributed by atoms with E-state index in [-0.39, 0.29) is 0 Å². The molecule has 0 spiro atoms. The highest BCUT2D eigenvalue weighted by Crippen LogP contribution is 2.23. The summed E-state index contributed by atoms with van der Waals surface area (Å²) in [6.07, 6.45) is 0. The fraction of sp³-hybridized carbons (Fsp3) is 0.0833. The molecule has 0 bridgehead atoms. The highest BCUT2D eigenvalue weighted by atomic mass is 32.1. The molecule has 5 nitrogen and oxygen atoms in total. The minimum absolute atomic E-state index is 0.421. The van der Waals surface area contributed by atoms with Gasteiger partial charge in [-0.25, -0.2) is 4.98 Å². The average molecular weight is 258 g/mol. The van der Waals surface area contributed by atoms with E-state index >= 15 is 0 Å². The van der Waals surface area contributed by atoms with Gasteiger partial charge in [0.15, 0.2) is 0 Å². The van der Waals surface area contributed by atoms with E-state index in [4.69, 9.17) is 10.3 Å². The van der Waals surface area contributed by atoms with Crippen molar-refractivity contribution in [2.75, 3.05) is 0 Å². The maximum atomic E-state index is 5.52. The highest BCUT2D eigenvalue weighted by molar-refractivity contribution is 7.09. The minimum atomic E-state index is 0.421. The molecule has 0 atom stereocenters. The molecule has 6 heteroatoms. The smallest absolute Gasteiger partial charge is 0.277 e. The van der Waals surface area contributed by atoms with E-state index in [0.717, 1.165) is 10.6 Å². The SMILES string of the molecule is NCc1nc(-c2nc(-c3ccccc3)no2)cs1. The third-order valence-corrected chi connectivity index (χ3v) is 3.27. The lowest BCUT2D eigenvalue weighted by molar-refractivity contribution is 0.431. The Morgan fingerprint density at radius 1 is 1.17 bits per heavy atom. The third kappa shape index (κ3) is 2.03.